The Morgan fingerprint density at radius 1 is 1.40 bits per heavy atom. The van der Waals surface area contributed by atoms with Gasteiger partial charge in [0.1, 0.15) is 6.33 Å². The normalized spacial score (nSPS) is 12.6. The van der Waals surface area contributed by atoms with Gasteiger partial charge in [-0.25, -0.2) is 15.0 Å². The Morgan fingerprint density at radius 3 is 2.80 bits per heavy atom. The Morgan fingerprint density at radius 2 is 2.20 bits per heavy atom. The first-order chi connectivity index (χ1) is 7.40. The van der Waals surface area contributed by atoms with Gasteiger partial charge < -0.3 is 5.32 Å². The Labute approximate surface area is 92.4 Å². The SMILES string of the molecule is CNC(Cc1nccs1)c1cncnc1. The molecule has 1 unspecified atom stereocenters. The van der Waals surface area contributed by atoms with E-state index in [9.17, 15) is 0 Å². The summed E-state index contributed by atoms with van der Waals surface area (Å²) in [5.74, 6) is 0. The van der Waals surface area contributed by atoms with Gasteiger partial charge in [0.15, 0.2) is 0 Å². The van der Waals surface area contributed by atoms with Gasteiger partial charge in [0.25, 0.3) is 0 Å². The highest BCUT2D eigenvalue weighted by molar-refractivity contribution is 7.09. The number of hydrogen-bond donors (Lipinski definition) is 1. The molecule has 0 saturated heterocycles. The minimum absolute atomic E-state index is 0.234. The first kappa shape index (κ1) is 10.2. The summed E-state index contributed by atoms with van der Waals surface area (Å²) in [7, 11) is 1.94. The summed E-state index contributed by atoms with van der Waals surface area (Å²) in [6, 6.07) is 0.234. The number of likely N-dealkylation sites (N-methyl/N-ethyl adjacent to an activating group) is 1. The second-order valence-electron chi connectivity index (χ2n) is 3.14. The van der Waals surface area contributed by atoms with E-state index in [0.717, 1.165) is 17.0 Å². The molecular formula is C10H12N4S. The third-order valence-corrected chi connectivity index (χ3v) is 3.00. The molecule has 0 amide bonds. The standard InChI is InChI=1S/C10H12N4S/c1-11-9(4-10-14-2-3-15-10)8-5-12-7-13-6-8/h2-3,5-7,9,11H,4H2,1H3. The number of rotatable bonds is 4. The topological polar surface area (TPSA) is 50.7 Å². The molecule has 0 radical (unpaired) electrons. The van der Waals surface area contributed by atoms with Gasteiger partial charge in [-0.15, -0.1) is 11.3 Å². The van der Waals surface area contributed by atoms with Crippen LogP contribution in [0, 0.1) is 0 Å². The molecule has 2 rings (SSSR count). The van der Waals surface area contributed by atoms with Crippen molar-refractivity contribution in [1.29, 1.82) is 0 Å². The summed E-state index contributed by atoms with van der Waals surface area (Å²) >= 11 is 1.67. The summed E-state index contributed by atoms with van der Waals surface area (Å²) in [5, 5.41) is 6.36. The van der Waals surface area contributed by atoms with Crippen LogP contribution in [0.15, 0.2) is 30.3 Å². The number of aromatic nitrogens is 3. The molecule has 0 saturated carbocycles. The van der Waals surface area contributed by atoms with Crippen LogP contribution in [0.4, 0.5) is 0 Å². The predicted molar refractivity (Wildman–Crippen MR) is 59.7 cm³/mol. The van der Waals surface area contributed by atoms with E-state index >= 15 is 0 Å². The van der Waals surface area contributed by atoms with Crippen molar-refractivity contribution in [2.24, 2.45) is 0 Å². The van der Waals surface area contributed by atoms with Crippen molar-refractivity contribution >= 4 is 11.3 Å². The summed E-state index contributed by atoms with van der Waals surface area (Å²) in [6.45, 7) is 0. The van der Waals surface area contributed by atoms with E-state index in [2.05, 4.69) is 20.3 Å². The van der Waals surface area contributed by atoms with Crippen LogP contribution < -0.4 is 5.32 Å². The van der Waals surface area contributed by atoms with Gasteiger partial charge in [0, 0.05) is 42.0 Å². The van der Waals surface area contributed by atoms with Crippen LogP contribution in [-0.2, 0) is 6.42 Å². The molecule has 4 nitrogen and oxygen atoms in total. The summed E-state index contributed by atoms with van der Waals surface area (Å²) in [5.41, 5.74) is 1.09. The molecule has 0 spiro atoms. The lowest BCUT2D eigenvalue weighted by Crippen LogP contribution is -2.19. The van der Waals surface area contributed by atoms with Crippen molar-refractivity contribution < 1.29 is 0 Å². The van der Waals surface area contributed by atoms with Crippen molar-refractivity contribution in [3.05, 3.63) is 40.9 Å². The van der Waals surface area contributed by atoms with Crippen molar-refractivity contribution in [3.8, 4) is 0 Å². The van der Waals surface area contributed by atoms with Gasteiger partial charge in [0.05, 0.1) is 5.01 Å². The minimum atomic E-state index is 0.234. The van der Waals surface area contributed by atoms with E-state index in [-0.39, 0.29) is 6.04 Å². The van der Waals surface area contributed by atoms with Gasteiger partial charge in [-0.05, 0) is 7.05 Å². The van der Waals surface area contributed by atoms with Crippen molar-refractivity contribution in [3.63, 3.8) is 0 Å². The van der Waals surface area contributed by atoms with Gasteiger partial charge >= 0.3 is 0 Å². The lowest BCUT2D eigenvalue weighted by atomic mass is 10.1. The summed E-state index contributed by atoms with van der Waals surface area (Å²) in [6.07, 6.45) is 7.92. The predicted octanol–water partition coefficient (Wildman–Crippen LogP) is 1.44. The molecule has 0 aliphatic heterocycles. The second kappa shape index (κ2) is 4.95. The maximum absolute atomic E-state index is 4.27. The molecule has 0 aromatic carbocycles. The van der Waals surface area contributed by atoms with Gasteiger partial charge in [-0.2, -0.15) is 0 Å². The Kier molecular flexibility index (Phi) is 3.37. The molecule has 2 heterocycles. The molecular weight excluding hydrogens is 208 g/mol. The maximum Gasteiger partial charge on any atom is 0.115 e. The highest BCUT2D eigenvalue weighted by Gasteiger charge is 2.11. The summed E-state index contributed by atoms with van der Waals surface area (Å²) in [4.78, 5) is 12.3. The highest BCUT2D eigenvalue weighted by atomic mass is 32.1. The van der Waals surface area contributed by atoms with Crippen LogP contribution in [0.2, 0.25) is 0 Å². The van der Waals surface area contributed by atoms with Crippen LogP contribution in [0.25, 0.3) is 0 Å². The van der Waals surface area contributed by atoms with Crippen LogP contribution >= 0.6 is 11.3 Å². The van der Waals surface area contributed by atoms with Crippen molar-refractivity contribution in [2.45, 2.75) is 12.5 Å². The van der Waals surface area contributed by atoms with Crippen molar-refractivity contribution in [1.82, 2.24) is 20.3 Å². The average Bonchev–Trinajstić information content (AvgIpc) is 2.80. The third kappa shape index (κ3) is 2.57. The van der Waals surface area contributed by atoms with Crippen molar-refractivity contribution in [2.75, 3.05) is 7.05 Å². The molecule has 0 aliphatic carbocycles. The lowest BCUT2D eigenvalue weighted by Gasteiger charge is -2.13. The maximum atomic E-state index is 4.27. The largest absolute Gasteiger partial charge is 0.313 e. The van der Waals surface area contributed by atoms with Gasteiger partial charge in [-0.3, -0.25) is 0 Å². The second-order valence-corrected chi connectivity index (χ2v) is 4.12. The monoisotopic (exact) mass is 220 g/mol. The first-order valence-corrected chi connectivity index (χ1v) is 5.58. The van der Waals surface area contributed by atoms with E-state index in [4.69, 9.17) is 0 Å². The van der Waals surface area contributed by atoms with Crippen LogP contribution in [0.1, 0.15) is 16.6 Å². The molecule has 2 aromatic heterocycles. The molecule has 5 heteroatoms. The Hall–Kier alpha value is -1.33. The van der Waals surface area contributed by atoms with E-state index in [0.29, 0.717) is 0 Å². The fraction of sp³-hybridized carbons (Fsp3) is 0.300. The zero-order valence-corrected chi connectivity index (χ0v) is 9.24. The highest BCUT2D eigenvalue weighted by Crippen LogP contribution is 2.17. The quantitative estimate of drug-likeness (QED) is 0.847. The molecule has 0 aliphatic rings. The minimum Gasteiger partial charge on any atom is -0.313 e. The molecule has 1 atom stereocenters. The third-order valence-electron chi connectivity index (χ3n) is 2.19. The number of nitrogens with one attached hydrogen (secondary N) is 1. The summed E-state index contributed by atoms with van der Waals surface area (Å²) < 4.78 is 0. The fourth-order valence-corrected chi connectivity index (χ4v) is 2.07. The molecule has 15 heavy (non-hydrogen) atoms. The van der Waals surface area contributed by atoms with Gasteiger partial charge in [0.2, 0.25) is 0 Å². The van der Waals surface area contributed by atoms with E-state index < -0.39 is 0 Å². The molecule has 2 aromatic rings. The smallest absolute Gasteiger partial charge is 0.115 e. The van der Waals surface area contributed by atoms with E-state index in [1.165, 1.54) is 0 Å². The number of nitrogens with zero attached hydrogens (tertiary/aromatic N) is 3. The Balaban J connectivity index is 2.12. The number of hydrogen-bond acceptors (Lipinski definition) is 5. The molecule has 0 fully saturated rings. The average molecular weight is 220 g/mol. The zero-order valence-electron chi connectivity index (χ0n) is 8.42. The van der Waals surface area contributed by atoms with Crippen LogP contribution in [-0.4, -0.2) is 22.0 Å². The van der Waals surface area contributed by atoms with E-state index in [1.807, 2.05) is 31.0 Å². The fourth-order valence-electron chi connectivity index (χ4n) is 1.41. The lowest BCUT2D eigenvalue weighted by molar-refractivity contribution is 0.585. The van der Waals surface area contributed by atoms with Crippen LogP contribution in [0.3, 0.4) is 0 Å². The van der Waals surface area contributed by atoms with Gasteiger partial charge in [-0.1, -0.05) is 0 Å². The van der Waals surface area contributed by atoms with E-state index in [1.54, 1.807) is 17.7 Å². The molecule has 0 bridgehead atoms. The van der Waals surface area contributed by atoms with Crippen LogP contribution in [0.5, 0.6) is 0 Å². The first-order valence-electron chi connectivity index (χ1n) is 4.70. The molecule has 78 valence electrons. The molecule has 1 N–H and O–H groups in total. The zero-order chi connectivity index (χ0) is 10.5. The number of thiazole rings is 1. The Bertz CT molecular complexity index is 387.